The lowest BCUT2D eigenvalue weighted by Gasteiger charge is -2.35. The van der Waals surface area contributed by atoms with Crippen LogP contribution in [0.1, 0.15) is 33.1 Å². The van der Waals surface area contributed by atoms with Crippen LogP contribution >= 0.6 is 0 Å². The number of nitrogens with zero attached hydrogens (tertiary/aromatic N) is 4. The van der Waals surface area contributed by atoms with E-state index >= 15 is 0 Å². The van der Waals surface area contributed by atoms with Crippen molar-refractivity contribution in [2.45, 2.75) is 19.0 Å². The number of ketones is 1. The minimum atomic E-state index is -1.09. The van der Waals surface area contributed by atoms with E-state index in [1.165, 1.54) is 42.5 Å². The molecule has 0 aromatic heterocycles. The van der Waals surface area contributed by atoms with Gasteiger partial charge >= 0.3 is 0 Å². The number of nitro benzene ring substituents is 2. The fourth-order valence-corrected chi connectivity index (χ4v) is 6.04. The predicted molar refractivity (Wildman–Crippen MR) is 139 cm³/mol. The Labute approximate surface area is 221 Å². The molecule has 3 aliphatic rings. The number of carbonyl (C=O) groups is 3. The minimum absolute atomic E-state index is 0.0612. The fourth-order valence-electron chi connectivity index (χ4n) is 6.04. The number of amides is 2. The van der Waals surface area contributed by atoms with Crippen molar-refractivity contribution in [3.8, 4) is 0 Å². The highest BCUT2D eigenvalue weighted by molar-refractivity contribution is 6.25. The smallest absolute Gasteiger partial charge is 0.270 e. The Bertz CT molecular complexity index is 1650. The van der Waals surface area contributed by atoms with Crippen molar-refractivity contribution in [3.63, 3.8) is 0 Å². The van der Waals surface area contributed by atoms with Crippen LogP contribution in [0, 0.1) is 39.0 Å². The van der Waals surface area contributed by atoms with Gasteiger partial charge in [0.2, 0.25) is 11.8 Å². The highest BCUT2D eigenvalue weighted by atomic mass is 16.6. The maximum atomic E-state index is 14.0. The molecular formula is C28H20N4O7. The first-order valence-corrected chi connectivity index (χ1v) is 12.1. The van der Waals surface area contributed by atoms with Gasteiger partial charge in [0.05, 0.1) is 33.4 Å². The van der Waals surface area contributed by atoms with Crippen molar-refractivity contribution in [2.24, 2.45) is 11.8 Å². The van der Waals surface area contributed by atoms with E-state index in [2.05, 4.69) is 0 Å². The van der Waals surface area contributed by atoms with Gasteiger partial charge in [-0.15, -0.1) is 0 Å². The first kappa shape index (κ1) is 24.2. The number of benzene rings is 3. The highest BCUT2D eigenvalue weighted by Crippen LogP contribution is 2.54. The quantitative estimate of drug-likeness (QED) is 0.209. The lowest BCUT2D eigenvalue weighted by Crippen LogP contribution is -2.44. The van der Waals surface area contributed by atoms with E-state index in [1.54, 1.807) is 18.0 Å². The van der Waals surface area contributed by atoms with Crippen molar-refractivity contribution in [3.05, 3.63) is 115 Å². The molecule has 11 nitrogen and oxygen atoms in total. The maximum Gasteiger partial charge on any atom is 0.270 e. The van der Waals surface area contributed by atoms with Gasteiger partial charge in [-0.2, -0.15) is 0 Å². The number of nitro groups is 2. The van der Waals surface area contributed by atoms with Gasteiger partial charge in [-0.05, 0) is 35.8 Å². The summed E-state index contributed by atoms with van der Waals surface area (Å²) in [5, 5.41) is 22.6. The molecule has 0 spiro atoms. The van der Waals surface area contributed by atoms with Crippen molar-refractivity contribution in [2.75, 3.05) is 4.90 Å². The summed E-state index contributed by atoms with van der Waals surface area (Å²) in [6.07, 6.45) is 3.51. The van der Waals surface area contributed by atoms with Crippen LogP contribution in [-0.4, -0.2) is 38.4 Å². The molecule has 11 heteroatoms. The zero-order chi connectivity index (χ0) is 27.6. The molecule has 3 heterocycles. The van der Waals surface area contributed by atoms with Gasteiger partial charge in [0.15, 0.2) is 5.78 Å². The van der Waals surface area contributed by atoms with Crippen LogP contribution in [0.3, 0.4) is 0 Å². The summed E-state index contributed by atoms with van der Waals surface area (Å²) in [5.74, 6) is -3.59. The Morgan fingerprint density at radius 1 is 0.846 bits per heavy atom. The zero-order valence-electron chi connectivity index (χ0n) is 20.5. The average molecular weight is 524 g/mol. The first-order chi connectivity index (χ1) is 18.7. The third kappa shape index (κ3) is 3.54. The standard InChI is InChI=1S/C28H20N4O7/c1-15-13-19(32(38)39)9-10-21(15)30-27(34)22-23(28(30)35)25(26(33)17-6-4-7-18(14-17)31(36)37)29-12-11-16-5-2-3-8-20(16)24(22)29/h2-14,22-25H,1H3/t22-,23+,24+,25-/m0/s1. The number of anilines is 1. The van der Waals surface area contributed by atoms with Crippen molar-refractivity contribution in [1.82, 2.24) is 4.90 Å². The Morgan fingerprint density at radius 3 is 2.26 bits per heavy atom. The summed E-state index contributed by atoms with van der Waals surface area (Å²) in [6, 6.07) is 14.9. The minimum Gasteiger partial charge on any atom is -0.358 e. The number of imide groups is 1. The van der Waals surface area contributed by atoms with Crippen molar-refractivity contribution in [1.29, 1.82) is 0 Å². The van der Waals surface area contributed by atoms with Crippen LogP contribution in [0.15, 0.2) is 72.9 Å². The number of non-ortho nitro benzene ring substituents is 2. The maximum absolute atomic E-state index is 14.0. The van der Waals surface area contributed by atoms with E-state index in [9.17, 15) is 34.6 Å². The molecule has 194 valence electrons. The Hall–Kier alpha value is -5.19. The normalized spacial score (nSPS) is 22.9. The van der Waals surface area contributed by atoms with E-state index in [-0.39, 0.29) is 22.6 Å². The van der Waals surface area contributed by atoms with Crippen LogP contribution in [0.5, 0.6) is 0 Å². The summed E-state index contributed by atoms with van der Waals surface area (Å²) in [6.45, 7) is 1.58. The Morgan fingerprint density at radius 2 is 1.54 bits per heavy atom. The lowest BCUT2D eigenvalue weighted by atomic mass is 9.83. The number of fused-ring (bicyclic) bond motifs is 5. The molecule has 3 aromatic carbocycles. The summed E-state index contributed by atoms with van der Waals surface area (Å²) in [7, 11) is 0. The number of carbonyl (C=O) groups excluding carboxylic acids is 3. The largest absolute Gasteiger partial charge is 0.358 e. The first-order valence-electron chi connectivity index (χ1n) is 12.1. The number of rotatable bonds is 5. The second-order valence-corrected chi connectivity index (χ2v) is 9.74. The molecule has 3 aliphatic heterocycles. The molecule has 0 unspecified atom stereocenters. The molecular weight excluding hydrogens is 504 g/mol. The molecule has 0 aliphatic carbocycles. The van der Waals surface area contributed by atoms with Crippen molar-refractivity contribution >= 4 is 40.7 Å². The topological polar surface area (TPSA) is 144 Å². The number of aryl methyl sites for hydroxylation is 1. The van der Waals surface area contributed by atoms with Gasteiger partial charge < -0.3 is 4.90 Å². The van der Waals surface area contributed by atoms with Crippen molar-refractivity contribution < 1.29 is 24.2 Å². The van der Waals surface area contributed by atoms with Crippen LogP contribution in [-0.2, 0) is 9.59 Å². The SMILES string of the molecule is Cc1cc([N+](=O)[O-])ccc1N1C(=O)[C@@H]2[C@H](C1=O)[C@H]1c3ccccc3C=CN1[C@@H]2C(=O)c1cccc([N+](=O)[O-])c1. The van der Waals surface area contributed by atoms with E-state index in [1.807, 2.05) is 30.3 Å². The van der Waals surface area contributed by atoms with Gasteiger partial charge in [-0.1, -0.05) is 36.4 Å². The summed E-state index contributed by atoms with van der Waals surface area (Å²) >= 11 is 0. The second kappa shape index (κ2) is 8.69. The number of Topliss-reactive ketones (excluding diaryl/α,β-unsaturated/α-hetero) is 1. The van der Waals surface area contributed by atoms with E-state index in [4.69, 9.17) is 0 Å². The summed E-state index contributed by atoms with van der Waals surface area (Å²) in [5.41, 5.74) is 1.85. The second-order valence-electron chi connectivity index (χ2n) is 9.74. The van der Waals surface area contributed by atoms with Gasteiger partial charge in [0.25, 0.3) is 11.4 Å². The molecule has 2 fully saturated rings. The fraction of sp³-hybridized carbons (Fsp3) is 0.179. The van der Waals surface area contributed by atoms with Crippen LogP contribution in [0.2, 0.25) is 0 Å². The number of hydrogen-bond donors (Lipinski definition) is 0. The monoisotopic (exact) mass is 524 g/mol. The van der Waals surface area contributed by atoms with Crippen LogP contribution in [0.25, 0.3) is 6.08 Å². The molecule has 2 amide bonds. The summed E-state index contributed by atoms with van der Waals surface area (Å²) < 4.78 is 0. The molecule has 0 radical (unpaired) electrons. The highest BCUT2D eigenvalue weighted by Gasteiger charge is 2.64. The van der Waals surface area contributed by atoms with Crippen LogP contribution in [0.4, 0.5) is 17.1 Å². The van der Waals surface area contributed by atoms with E-state index in [0.717, 1.165) is 16.0 Å². The van der Waals surface area contributed by atoms with Gasteiger partial charge in [0, 0.05) is 36.0 Å². The lowest BCUT2D eigenvalue weighted by molar-refractivity contribution is -0.385. The predicted octanol–water partition coefficient (Wildman–Crippen LogP) is 4.21. The van der Waals surface area contributed by atoms with E-state index < -0.39 is 51.4 Å². The molecule has 2 saturated heterocycles. The van der Waals surface area contributed by atoms with E-state index in [0.29, 0.717) is 5.56 Å². The molecule has 6 rings (SSSR count). The molecule has 3 aromatic rings. The third-order valence-electron chi connectivity index (χ3n) is 7.70. The van der Waals surface area contributed by atoms with Gasteiger partial charge in [-0.25, -0.2) is 4.90 Å². The molecule has 0 N–H and O–H groups in total. The zero-order valence-corrected chi connectivity index (χ0v) is 20.5. The number of hydrogen-bond acceptors (Lipinski definition) is 8. The molecule has 0 saturated carbocycles. The summed E-state index contributed by atoms with van der Waals surface area (Å²) in [4.78, 5) is 66.1. The molecule has 0 bridgehead atoms. The average Bonchev–Trinajstić information content (AvgIpc) is 3.40. The Kier molecular flexibility index (Phi) is 5.38. The third-order valence-corrected chi connectivity index (χ3v) is 7.70. The van der Waals surface area contributed by atoms with Crippen LogP contribution < -0.4 is 4.90 Å². The van der Waals surface area contributed by atoms with Gasteiger partial charge in [0.1, 0.15) is 6.04 Å². The Balaban J connectivity index is 1.49. The van der Waals surface area contributed by atoms with Gasteiger partial charge in [-0.3, -0.25) is 34.6 Å². The molecule has 4 atom stereocenters. The molecule has 39 heavy (non-hydrogen) atoms.